The van der Waals surface area contributed by atoms with Gasteiger partial charge in [-0.2, -0.15) is 0 Å². The van der Waals surface area contributed by atoms with Gasteiger partial charge in [0.15, 0.2) is 0 Å². The first-order valence-electron chi connectivity index (χ1n) is 5.10. The fourth-order valence-corrected chi connectivity index (χ4v) is 1.76. The van der Waals surface area contributed by atoms with Gasteiger partial charge >= 0.3 is 5.97 Å². The summed E-state index contributed by atoms with van der Waals surface area (Å²) < 4.78 is 4.61. The SMILES string of the molecule is COC(=O)CCC1CCCCNC1. The monoisotopic (exact) mass is 185 g/mol. The van der Waals surface area contributed by atoms with Crippen LogP contribution in [-0.2, 0) is 9.53 Å². The van der Waals surface area contributed by atoms with E-state index in [4.69, 9.17) is 0 Å². The number of hydrogen-bond donors (Lipinski definition) is 1. The summed E-state index contributed by atoms with van der Waals surface area (Å²) in [6.45, 7) is 2.20. The van der Waals surface area contributed by atoms with Crippen molar-refractivity contribution in [3.8, 4) is 0 Å². The Morgan fingerprint density at radius 3 is 3.15 bits per heavy atom. The molecule has 1 N–H and O–H groups in total. The van der Waals surface area contributed by atoms with Crippen molar-refractivity contribution in [2.45, 2.75) is 32.1 Å². The van der Waals surface area contributed by atoms with Gasteiger partial charge in [-0.05, 0) is 38.3 Å². The lowest BCUT2D eigenvalue weighted by Crippen LogP contribution is -2.21. The fourth-order valence-electron chi connectivity index (χ4n) is 1.76. The zero-order valence-corrected chi connectivity index (χ0v) is 8.34. The molecule has 1 rings (SSSR count). The van der Waals surface area contributed by atoms with Crippen LogP contribution in [-0.4, -0.2) is 26.2 Å². The van der Waals surface area contributed by atoms with E-state index in [9.17, 15) is 4.79 Å². The average Bonchev–Trinajstić information content (AvgIpc) is 2.42. The molecule has 1 fully saturated rings. The van der Waals surface area contributed by atoms with E-state index in [0.29, 0.717) is 12.3 Å². The van der Waals surface area contributed by atoms with Crippen molar-refractivity contribution in [2.75, 3.05) is 20.2 Å². The standard InChI is InChI=1S/C10H19NO2/c1-13-10(12)6-5-9-4-2-3-7-11-8-9/h9,11H,2-8H2,1H3. The third-order valence-corrected chi connectivity index (χ3v) is 2.63. The van der Waals surface area contributed by atoms with Crippen molar-refractivity contribution in [1.29, 1.82) is 0 Å². The van der Waals surface area contributed by atoms with Crippen LogP contribution in [0.15, 0.2) is 0 Å². The van der Waals surface area contributed by atoms with Crippen LogP contribution in [0.3, 0.4) is 0 Å². The molecule has 0 aliphatic carbocycles. The van der Waals surface area contributed by atoms with Crippen LogP contribution in [0.1, 0.15) is 32.1 Å². The molecule has 1 unspecified atom stereocenters. The highest BCUT2D eigenvalue weighted by Gasteiger charge is 2.13. The van der Waals surface area contributed by atoms with Gasteiger partial charge in [0.05, 0.1) is 7.11 Å². The summed E-state index contributed by atoms with van der Waals surface area (Å²) >= 11 is 0. The summed E-state index contributed by atoms with van der Waals surface area (Å²) in [5.41, 5.74) is 0. The Bertz CT molecular complexity index is 151. The number of nitrogens with one attached hydrogen (secondary N) is 1. The van der Waals surface area contributed by atoms with Crippen LogP contribution in [0.4, 0.5) is 0 Å². The second-order valence-corrected chi connectivity index (χ2v) is 3.68. The van der Waals surface area contributed by atoms with Crippen LogP contribution in [0.25, 0.3) is 0 Å². The van der Waals surface area contributed by atoms with Crippen molar-refractivity contribution in [1.82, 2.24) is 5.32 Å². The molecule has 1 aliphatic heterocycles. The normalized spacial score (nSPS) is 23.6. The first kappa shape index (κ1) is 10.5. The molecule has 1 saturated heterocycles. The van der Waals surface area contributed by atoms with Gasteiger partial charge in [-0.15, -0.1) is 0 Å². The Balaban J connectivity index is 2.15. The molecular weight excluding hydrogens is 166 g/mol. The highest BCUT2D eigenvalue weighted by Crippen LogP contribution is 2.16. The second kappa shape index (κ2) is 5.97. The van der Waals surface area contributed by atoms with Gasteiger partial charge in [-0.1, -0.05) is 6.42 Å². The minimum Gasteiger partial charge on any atom is -0.469 e. The van der Waals surface area contributed by atoms with Crippen molar-refractivity contribution in [3.05, 3.63) is 0 Å². The molecule has 1 heterocycles. The van der Waals surface area contributed by atoms with Crippen LogP contribution in [0, 0.1) is 5.92 Å². The lowest BCUT2D eigenvalue weighted by atomic mass is 9.98. The lowest BCUT2D eigenvalue weighted by molar-refractivity contribution is -0.140. The highest BCUT2D eigenvalue weighted by atomic mass is 16.5. The molecule has 0 saturated carbocycles. The molecule has 13 heavy (non-hydrogen) atoms. The van der Waals surface area contributed by atoms with Crippen LogP contribution in [0.2, 0.25) is 0 Å². The average molecular weight is 185 g/mol. The molecule has 3 heteroatoms. The zero-order chi connectivity index (χ0) is 9.52. The van der Waals surface area contributed by atoms with Gasteiger partial charge in [0.1, 0.15) is 0 Å². The predicted octanol–water partition coefficient (Wildman–Crippen LogP) is 1.33. The Kier molecular flexibility index (Phi) is 4.83. The van der Waals surface area contributed by atoms with Gasteiger partial charge in [-0.25, -0.2) is 0 Å². The molecule has 0 spiro atoms. The number of methoxy groups -OCH3 is 1. The minimum atomic E-state index is -0.0794. The molecule has 3 nitrogen and oxygen atoms in total. The van der Waals surface area contributed by atoms with Gasteiger partial charge in [0.25, 0.3) is 0 Å². The molecule has 0 aromatic rings. The Morgan fingerprint density at radius 1 is 1.54 bits per heavy atom. The van der Waals surface area contributed by atoms with E-state index >= 15 is 0 Å². The lowest BCUT2D eigenvalue weighted by Gasteiger charge is -2.12. The fraction of sp³-hybridized carbons (Fsp3) is 0.900. The smallest absolute Gasteiger partial charge is 0.305 e. The van der Waals surface area contributed by atoms with E-state index in [1.807, 2.05) is 0 Å². The van der Waals surface area contributed by atoms with Crippen LogP contribution in [0.5, 0.6) is 0 Å². The number of carbonyl (C=O) groups is 1. The first-order valence-corrected chi connectivity index (χ1v) is 5.10. The molecule has 0 aromatic heterocycles. The third kappa shape index (κ3) is 4.27. The Hall–Kier alpha value is -0.570. The van der Waals surface area contributed by atoms with Crippen molar-refractivity contribution < 1.29 is 9.53 Å². The molecular formula is C10H19NO2. The summed E-state index contributed by atoms with van der Waals surface area (Å²) in [5, 5.41) is 3.39. The number of ether oxygens (including phenoxy) is 1. The molecule has 1 aliphatic rings. The Morgan fingerprint density at radius 2 is 2.38 bits per heavy atom. The van der Waals surface area contributed by atoms with Crippen molar-refractivity contribution >= 4 is 5.97 Å². The molecule has 0 aromatic carbocycles. The van der Waals surface area contributed by atoms with Gasteiger partial charge < -0.3 is 10.1 Å². The van der Waals surface area contributed by atoms with E-state index < -0.39 is 0 Å². The maximum absolute atomic E-state index is 10.9. The Labute approximate surface area is 79.8 Å². The van der Waals surface area contributed by atoms with Crippen LogP contribution >= 0.6 is 0 Å². The zero-order valence-electron chi connectivity index (χ0n) is 8.34. The highest BCUT2D eigenvalue weighted by molar-refractivity contribution is 5.69. The van der Waals surface area contributed by atoms with E-state index in [2.05, 4.69) is 10.1 Å². The predicted molar refractivity (Wildman–Crippen MR) is 51.5 cm³/mol. The van der Waals surface area contributed by atoms with Crippen LogP contribution < -0.4 is 5.32 Å². The topological polar surface area (TPSA) is 38.3 Å². The summed E-state index contributed by atoms with van der Waals surface area (Å²) in [7, 11) is 1.45. The number of hydrogen-bond acceptors (Lipinski definition) is 3. The van der Waals surface area contributed by atoms with Gasteiger partial charge in [0.2, 0.25) is 0 Å². The molecule has 76 valence electrons. The summed E-state index contributed by atoms with van der Waals surface area (Å²) in [6, 6.07) is 0. The largest absolute Gasteiger partial charge is 0.469 e. The van der Waals surface area contributed by atoms with Gasteiger partial charge in [0, 0.05) is 6.42 Å². The maximum atomic E-state index is 10.9. The minimum absolute atomic E-state index is 0.0794. The second-order valence-electron chi connectivity index (χ2n) is 3.68. The molecule has 0 bridgehead atoms. The van der Waals surface area contributed by atoms with Gasteiger partial charge in [-0.3, -0.25) is 4.79 Å². The number of rotatable bonds is 3. The van der Waals surface area contributed by atoms with E-state index in [0.717, 1.165) is 19.5 Å². The third-order valence-electron chi connectivity index (χ3n) is 2.63. The summed E-state index contributed by atoms with van der Waals surface area (Å²) in [5.74, 6) is 0.589. The maximum Gasteiger partial charge on any atom is 0.305 e. The quantitative estimate of drug-likeness (QED) is 0.674. The van der Waals surface area contributed by atoms with E-state index in [1.54, 1.807) is 0 Å². The summed E-state index contributed by atoms with van der Waals surface area (Å²) in [4.78, 5) is 10.9. The molecule has 0 amide bonds. The van der Waals surface area contributed by atoms with E-state index in [-0.39, 0.29) is 5.97 Å². The molecule has 0 radical (unpaired) electrons. The summed E-state index contributed by atoms with van der Waals surface area (Å²) in [6.07, 6.45) is 5.36. The molecule has 1 atom stereocenters. The number of carbonyl (C=O) groups excluding carboxylic acids is 1. The van der Waals surface area contributed by atoms with E-state index in [1.165, 1.54) is 26.4 Å². The first-order chi connectivity index (χ1) is 6.33. The number of esters is 1. The van der Waals surface area contributed by atoms with Crippen molar-refractivity contribution in [2.24, 2.45) is 5.92 Å². The van der Waals surface area contributed by atoms with Crippen molar-refractivity contribution in [3.63, 3.8) is 0 Å².